The van der Waals surface area contributed by atoms with E-state index in [1.54, 1.807) is 0 Å². The van der Waals surface area contributed by atoms with Gasteiger partial charge in [0, 0.05) is 19.6 Å². The van der Waals surface area contributed by atoms with E-state index in [1.165, 1.54) is 47.0 Å². The van der Waals surface area contributed by atoms with E-state index in [1.807, 2.05) is 118 Å². The van der Waals surface area contributed by atoms with Crippen LogP contribution in [0.4, 0.5) is 0 Å². The first-order valence-corrected chi connectivity index (χ1v) is 18.6. The van der Waals surface area contributed by atoms with Gasteiger partial charge in [-0.25, -0.2) is 4.98 Å². The van der Waals surface area contributed by atoms with Crippen molar-refractivity contribution >= 4 is 58.1 Å². The normalized spacial score (nSPS) is 11.4. The molecule has 48 heavy (non-hydrogen) atoms. The summed E-state index contributed by atoms with van der Waals surface area (Å²) >= 11 is 5.79. The number of phenolic OH excluding ortho intramolecular Hbond substituents is 1. The predicted octanol–water partition coefficient (Wildman–Crippen LogP) is 11.8. The molecule has 0 fully saturated rings. The summed E-state index contributed by atoms with van der Waals surface area (Å²) in [6.07, 6.45) is 0. The number of hydrogen-bond donors (Lipinski definition) is 1. The van der Waals surface area contributed by atoms with Crippen LogP contribution in [0, 0.1) is 27.7 Å². The Labute approximate surface area is 296 Å². The molecular weight excluding hydrogens is 671 g/mol. The Kier molecular flexibility index (Phi) is 9.34. The van der Waals surface area contributed by atoms with Gasteiger partial charge in [0.25, 0.3) is 0 Å². The number of aromatic nitrogens is 1. The number of aryl methyl sites for hydroxylation is 4. The van der Waals surface area contributed by atoms with Gasteiger partial charge >= 0.3 is 0 Å². The van der Waals surface area contributed by atoms with Crippen molar-refractivity contribution in [2.24, 2.45) is 0 Å². The van der Waals surface area contributed by atoms with Gasteiger partial charge in [-0.3, -0.25) is 4.79 Å². The molecule has 0 bridgehead atoms. The summed E-state index contributed by atoms with van der Waals surface area (Å²) < 4.78 is 6.77. The number of aromatic hydroxyl groups is 1. The van der Waals surface area contributed by atoms with Gasteiger partial charge in [0.15, 0.2) is 11.3 Å². The van der Waals surface area contributed by atoms with E-state index in [0.29, 0.717) is 42.1 Å². The molecule has 5 aromatic rings. The van der Waals surface area contributed by atoms with Gasteiger partial charge in [0.1, 0.15) is 26.8 Å². The molecule has 2 aliphatic rings. The van der Waals surface area contributed by atoms with E-state index in [9.17, 15) is 9.90 Å². The van der Waals surface area contributed by atoms with Gasteiger partial charge in [0.05, 0.1) is 9.79 Å². The second-order valence-electron chi connectivity index (χ2n) is 11.5. The van der Waals surface area contributed by atoms with Crippen LogP contribution in [0.25, 0.3) is 22.6 Å². The average Bonchev–Trinajstić information content (AvgIpc) is 3.08. The first kappa shape index (κ1) is 32.5. The van der Waals surface area contributed by atoms with Gasteiger partial charge in [-0.2, -0.15) is 0 Å². The van der Waals surface area contributed by atoms with Crippen molar-refractivity contribution in [2.75, 3.05) is 0 Å². The van der Waals surface area contributed by atoms with Crippen LogP contribution in [0.2, 0.25) is 0 Å². The van der Waals surface area contributed by atoms with Crippen LogP contribution < -0.4 is 5.43 Å². The molecule has 238 valence electrons. The molecule has 4 nitrogen and oxygen atoms in total. The van der Waals surface area contributed by atoms with E-state index < -0.39 is 0 Å². The van der Waals surface area contributed by atoms with Crippen molar-refractivity contribution in [1.82, 2.24) is 4.98 Å². The Bertz CT molecular complexity index is 2350. The molecule has 0 saturated carbocycles. The van der Waals surface area contributed by atoms with Crippen LogP contribution in [0.1, 0.15) is 22.3 Å². The summed E-state index contributed by atoms with van der Waals surface area (Å²) in [4.78, 5) is 25.8. The highest BCUT2D eigenvalue weighted by Gasteiger charge is 2.26. The van der Waals surface area contributed by atoms with Crippen LogP contribution in [0.3, 0.4) is 0 Å². The standard InChI is InChI=1S/C40H31NO3S4/c1-23-13-5-9-17-29(23)45-33-21-27-37(39(35(33)42)47-31-19-11-7-15-25(31)3)44-38-28(41-27)22-34(46-30-18-10-6-14-24(30)2)36(43)40(38)48-32-20-12-8-16-26(32)4/h5-22,42H,1-4H3. The van der Waals surface area contributed by atoms with Gasteiger partial charge in [-0.1, -0.05) is 120 Å². The highest BCUT2D eigenvalue weighted by atomic mass is 32.2. The molecule has 1 aliphatic heterocycles. The fourth-order valence-corrected chi connectivity index (χ4v) is 9.42. The maximum Gasteiger partial charge on any atom is 0.210 e. The van der Waals surface area contributed by atoms with Crippen molar-refractivity contribution in [3.05, 3.63) is 142 Å². The third-order valence-corrected chi connectivity index (χ3v) is 12.9. The Morgan fingerprint density at radius 2 is 0.979 bits per heavy atom. The van der Waals surface area contributed by atoms with Crippen LogP contribution in [0.5, 0.6) is 5.75 Å². The average molecular weight is 702 g/mol. The molecule has 1 aliphatic carbocycles. The molecule has 0 spiro atoms. The SMILES string of the molecule is Cc1ccccc1Sc1cc2nc3cc(Sc4ccccc4C)c(=O)c(Sc4ccccc4C)c-3oc2c(Sc2ccccc2C)c1O. The quantitative estimate of drug-likeness (QED) is 0.157. The second kappa shape index (κ2) is 13.8. The Balaban J connectivity index is 1.49. The van der Waals surface area contributed by atoms with Gasteiger partial charge in [-0.15, -0.1) is 0 Å². The number of phenols is 1. The summed E-state index contributed by atoms with van der Waals surface area (Å²) in [5, 5.41) is 11.9. The van der Waals surface area contributed by atoms with Crippen molar-refractivity contribution in [1.29, 1.82) is 0 Å². The van der Waals surface area contributed by atoms with Crippen molar-refractivity contribution in [3.63, 3.8) is 0 Å². The highest BCUT2D eigenvalue weighted by molar-refractivity contribution is 8.01. The molecule has 1 N–H and O–H groups in total. The van der Waals surface area contributed by atoms with E-state index in [0.717, 1.165) is 41.8 Å². The zero-order chi connectivity index (χ0) is 33.4. The molecule has 0 radical (unpaired) electrons. The maximum atomic E-state index is 14.3. The number of benzene rings is 6. The molecule has 5 aromatic carbocycles. The summed E-state index contributed by atoms with van der Waals surface area (Å²) in [5.41, 5.74) is 5.86. The molecule has 0 saturated heterocycles. The van der Waals surface area contributed by atoms with E-state index in [4.69, 9.17) is 9.40 Å². The minimum Gasteiger partial charge on any atom is -0.505 e. The molecule has 8 heteroatoms. The molecule has 0 unspecified atom stereocenters. The van der Waals surface area contributed by atoms with Crippen LogP contribution in [-0.4, -0.2) is 10.1 Å². The number of fused-ring (bicyclic) bond motifs is 2. The summed E-state index contributed by atoms with van der Waals surface area (Å²) in [7, 11) is 0. The highest BCUT2D eigenvalue weighted by Crippen LogP contribution is 2.49. The van der Waals surface area contributed by atoms with Crippen LogP contribution >= 0.6 is 47.0 Å². The zero-order valence-electron chi connectivity index (χ0n) is 26.7. The Hall–Kier alpha value is -4.08. The number of rotatable bonds is 8. The Morgan fingerprint density at radius 3 is 1.48 bits per heavy atom. The lowest BCUT2D eigenvalue weighted by molar-refractivity contribution is 0.446. The van der Waals surface area contributed by atoms with E-state index in [-0.39, 0.29) is 11.2 Å². The smallest absolute Gasteiger partial charge is 0.210 e. The first-order valence-electron chi connectivity index (χ1n) is 15.4. The molecule has 0 aromatic heterocycles. The van der Waals surface area contributed by atoms with E-state index >= 15 is 0 Å². The second-order valence-corrected chi connectivity index (χ2v) is 15.7. The Morgan fingerprint density at radius 1 is 0.542 bits per heavy atom. The number of nitrogens with zero attached hydrogens (tertiary/aromatic N) is 1. The van der Waals surface area contributed by atoms with Crippen LogP contribution in [0.15, 0.2) is 158 Å². The molecular formula is C40H31NO3S4. The summed E-state index contributed by atoms with van der Waals surface area (Å²) in [5.74, 6) is 0.524. The van der Waals surface area contributed by atoms with E-state index in [2.05, 4.69) is 19.1 Å². The summed E-state index contributed by atoms with van der Waals surface area (Å²) in [6.45, 7) is 8.19. The van der Waals surface area contributed by atoms with Crippen molar-refractivity contribution in [3.8, 4) is 17.2 Å². The zero-order valence-corrected chi connectivity index (χ0v) is 30.0. The van der Waals surface area contributed by atoms with Crippen molar-refractivity contribution < 1.29 is 9.52 Å². The number of hydrogen-bond acceptors (Lipinski definition) is 8. The van der Waals surface area contributed by atoms with Gasteiger partial charge in [0.2, 0.25) is 5.43 Å². The maximum absolute atomic E-state index is 14.3. The monoisotopic (exact) mass is 701 g/mol. The molecule has 7 rings (SSSR count). The molecule has 1 heterocycles. The first-order chi connectivity index (χ1) is 23.3. The predicted molar refractivity (Wildman–Crippen MR) is 200 cm³/mol. The largest absolute Gasteiger partial charge is 0.505 e. The van der Waals surface area contributed by atoms with Crippen molar-refractivity contribution in [2.45, 2.75) is 66.9 Å². The third-order valence-electron chi connectivity index (χ3n) is 7.98. The lowest BCUT2D eigenvalue weighted by Crippen LogP contribution is -2.10. The topological polar surface area (TPSA) is 63.3 Å². The third kappa shape index (κ3) is 6.50. The summed E-state index contributed by atoms with van der Waals surface area (Å²) in [6, 6.07) is 36.0. The lowest BCUT2D eigenvalue weighted by atomic mass is 10.2. The lowest BCUT2D eigenvalue weighted by Gasteiger charge is -2.18. The minimum absolute atomic E-state index is 0.113. The fourth-order valence-electron chi connectivity index (χ4n) is 5.26. The van der Waals surface area contributed by atoms with Crippen LogP contribution in [-0.2, 0) is 0 Å². The minimum atomic E-state index is -0.113. The molecule has 0 amide bonds. The van der Waals surface area contributed by atoms with Gasteiger partial charge < -0.3 is 9.52 Å². The molecule has 0 atom stereocenters. The fraction of sp³-hybridized carbons (Fsp3) is 0.100. The van der Waals surface area contributed by atoms with Gasteiger partial charge in [-0.05, 0) is 86.3 Å².